The Hall–Kier alpha value is -4.72. The highest BCUT2D eigenvalue weighted by Crippen LogP contribution is 2.33. The maximum atomic E-state index is 4.85. The Balaban J connectivity index is 1.12. The number of fused-ring (bicyclic) bond motifs is 2. The summed E-state index contributed by atoms with van der Waals surface area (Å²) in [6.45, 7) is 11.8. The minimum atomic E-state index is 0.696. The molecule has 43 heavy (non-hydrogen) atoms. The van der Waals surface area contributed by atoms with Crippen LogP contribution in [0.2, 0.25) is 0 Å². The number of imidazole rings is 1. The van der Waals surface area contributed by atoms with E-state index in [2.05, 4.69) is 94.0 Å². The minimum Gasteiger partial charge on any atom is -0.371 e. The number of allylic oxidation sites excluding steroid dienone is 1. The highest BCUT2D eigenvalue weighted by molar-refractivity contribution is 5.96. The van der Waals surface area contributed by atoms with E-state index in [0.717, 1.165) is 88.0 Å². The van der Waals surface area contributed by atoms with E-state index in [0.29, 0.717) is 11.8 Å². The van der Waals surface area contributed by atoms with Gasteiger partial charge < -0.3 is 20.5 Å². The molecule has 0 aliphatic carbocycles. The van der Waals surface area contributed by atoms with Gasteiger partial charge in [-0.3, -0.25) is 15.0 Å². The molecule has 5 aromatic rings. The van der Waals surface area contributed by atoms with Crippen molar-refractivity contribution >= 4 is 50.4 Å². The van der Waals surface area contributed by atoms with E-state index in [-0.39, 0.29) is 0 Å². The Morgan fingerprint density at radius 3 is 2.49 bits per heavy atom. The Bertz CT molecular complexity index is 1860. The third-order valence-corrected chi connectivity index (χ3v) is 8.35. The summed E-state index contributed by atoms with van der Waals surface area (Å²) in [5, 5.41) is 8.25. The molecule has 218 valence electrons. The molecule has 2 aliphatic heterocycles. The first-order valence-corrected chi connectivity index (χ1v) is 15.2. The number of piperidine rings is 1. The number of hydrogen-bond acceptors (Lipinski definition) is 7. The summed E-state index contributed by atoms with van der Waals surface area (Å²) >= 11 is 0. The number of nitrogens with zero attached hydrogens (tertiary/aromatic N) is 5. The molecule has 0 spiro atoms. The Kier molecular flexibility index (Phi) is 7.05. The zero-order valence-electron chi connectivity index (χ0n) is 25.3. The zero-order chi connectivity index (χ0) is 29.5. The normalized spacial score (nSPS) is 18.9. The van der Waals surface area contributed by atoms with E-state index in [9.17, 15) is 0 Å². The molecule has 1 fully saturated rings. The summed E-state index contributed by atoms with van der Waals surface area (Å²) in [7, 11) is 0. The topological polar surface area (TPSA) is 94.1 Å². The molecular formula is C35H38N8. The molecule has 3 N–H and O–H groups in total. The van der Waals surface area contributed by atoms with Crippen molar-refractivity contribution in [3.63, 3.8) is 0 Å². The number of rotatable bonds is 6. The van der Waals surface area contributed by atoms with Gasteiger partial charge in [-0.25, -0.2) is 4.98 Å². The van der Waals surface area contributed by atoms with Crippen LogP contribution in [0.4, 0.5) is 22.7 Å². The lowest BCUT2D eigenvalue weighted by atomic mass is 9.91. The van der Waals surface area contributed by atoms with Crippen molar-refractivity contribution in [3.05, 3.63) is 78.3 Å². The summed E-state index contributed by atoms with van der Waals surface area (Å²) in [4.78, 5) is 24.8. The first-order chi connectivity index (χ1) is 20.9. The number of nitrogens with one attached hydrogen (secondary N) is 3. The van der Waals surface area contributed by atoms with Crippen LogP contribution < -0.4 is 15.5 Å². The van der Waals surface area contributed by atoms with Gasteiger partial charge in [-0.2, -0.15) is 0 Å². The van der Waals surface area contributed by atoms with E-state index < -0.39 is 0 Å². The van der Waals surface area contributed by atoms with Crippen LogP contribution >= 0.6 is 0 Å². The van der Waals surface area contributed by atoms with Crippen molar-refractivity contribution in [2.45, 2.75) is 40.5 Å². The molecule has 2 aliphatic rings. The van der Waals surface area contributed by atoms with Crippen LogP contribution in [0.3, 0.4) is 0 Å². The molecule has 0 saturated carbocycles. The van der Waals surface area contributed by atoms with Gasteiger partial charge in [0.2, 0.25) is 0 Å². The second kappa shape index (κ2) is 11.2. The molecule has 7 rings (SSSR count). The number of dihydropyridines is 1. The predicted octanol–water partition coefficient (Wildman–Crippen LogP) is 7.87. The Labute approximate surface area is 252 Å². The predicted molar refractivity (Wildman–Crippen MR) is 179 cm³/mol. The average molecular weight is 571 g/mol. The number of anilines is 4. The molecule has 8 nitrogen and oxygen atoms in total. The van der Waals surface area contributed by atoms with Gasteiger partial charge in [-0.15, -0.1) is 0 Å². The lowest BCUT2D eigenvalue weighted by Gasteiger charge is -2.36. The number of benzene rings is 2. The lowest BCUT2D eigenvalue weighted by Crippen LogP contribution is -2.38. The average Bonchev–Trinajstić information content (AvgIpc) is 3.40. The quantitative estimate of drug-likeness (QED) is 0.192. The number of H-pyrrole nitrogens is 1. The molecule has 0 amide bonds. The van der Waals surface area contributed by atoms with E-state index in [1.54, 1.807) is 0 Å². The number of aromatic nitrogens is 4. The van der Waals surface area contributed by atoms with Crippen LogP contribution in [0.25, 0.3) is 33.5 Å². The summed E-state index contributed by atoms with van der Waals surface area (Å²) in [5.74, 6) is 2.14. The van der Waals surface area contributed by atoms with Gasteiger partial charge in [0.1, 0.15) is 5.69 Å². The van der Waals surface area contributed by atoms with Gasteiger partial charge in [-0.05, 0) is 92.8 Å². The van der Waals surface area contributed by atoms with E-state index in [1.165, 1.54) is 17.8 Å². The monoisotopic (exact) mass is 570 g/mol. The van der Waals surface area contributed by atoms with Crippen LogP contribution in [-0.2, 0) is 0 Å². The van der Waals surface area contributed by atoms with E-state index in [1.807, 2.05) is 26.1 Å². The summed E-state index contributed by atoms with van der Waals surface area (Å²) in [6, 6.07) is 19.0. The molecule has 0 bridgehead atoms. The molecule has 8 heteroatoms. The van der Waals surface area contributed by atoms with Gasteiger partial charge in [0.05, 0.1) is 28.4 Å². The molecule has 1 saturated heterocycles. The summed E-state index contributed by atoms with van der Waals surface area (Å²) < 4.78 is 0. The summed E-state index contributed by atoms with van der Waals surface area (Å²) in [6.07, 6.45) is 6.18. The van der Waals surface area contributed by atoms with Gasteiger partial charge >= 0.3 is 0 Å². The summed E-state index contributed by atoms with van der Waals surface area (Å²) in [5.41, 5.74) is 11.1. The molecule has 2 atom stereocenters. The van der Waals surface area contributed by atoms with E-state index in [4.69, 9.17) is 15.0 Å². The first-order valence-electron chi connectivity index (χ1n) is 15.2. The van der Waals surface area contributed by atoms with Gasteiger partial charge in [0, 0.05) is 65.6 Å². The Morgan fingerprint density at radius 1 is 0.860 bits per heavy atom. The number of aliphatic imine (C=N–C) groups is 1. The van der Waals surface area contributed by atoms with Crippen LogP contribution in [0, 0.1) is 18.8 Å². The van der Waals surface area contributed by atoms with Crippen molar-refractivity contribution in [1.29, 1.82) is 0 Å². The van der Waals surface area contributed by atoms with Crippen molar-refractivity contribution < 1.29 is 0 Å². The standard InChI is InChI=1S/C35H38N8/c1-21-13-22(2)20-43(19-21)28-7-10-30-29(17-28)33(15-24(4)38-30)40-27-6-9-32(37-18-27)35-41-31-8-5-25(16-34(31)42-35)39-26-11-12-36-23(3)14-26/h5-10,14-18,21-22,39H,11-13,19-20H2,1-4H3,(H,38,40)(H,41,42). The van der Waals surface area contributed by atoms with Gasteiger partial charge in [-0.1, -0.05) is 13.8 Å². The van der Waals surface area contributed by atoms with Crippen LogP contribution in [-0.4, -0.2) is 45.3 Å². The van der Waals surface area contributed by atoms with Gasteiger partial charge in [0.25, 0.3) is 0 Å². The number of aryl methyl sites for hydroxylation is 1. The SMILES string of the molecule is CC1=NCCC(Nc2ccc3[nH]c(-c4ccc(Nc5cc(C)nc6ccc(N7CC(C)CC(C)C7)cc56)cn4)nc3c2)=C1. The lowest BCUT2D eigenvalue weighted by molar-refractivity contribution is 0.357. The Morgan fingerprint density at radius 2 is 1.70 bits per heavy atom. The van der Waals surface area contributed by atoms with Crippen molar-refractivity contribution in [3.8, 4) is 11.5 Å². The first kappa shape index (κ1) is 27.1. The zero-order valence-corrected chi connectivity index (χ0v) is 25.3. The smallest absolute Gasteiger partial charge is 0.157 e. The second-order valence-corrected chi connectivity index (χ2v) is 12.3. The van der Waals surface area contributed by atoms with Gasteiger partial charge in [0.15, 0.2) is 5.82 Å². The fourth-order valence-electron chi connectivity index (χ4n) is 6.49. The van der Waals surface area contributed by atoms with Crippen molar-refractivity contribution in [1.82, 2.24) is 19.9 Å². The number of pyridine rings is 2. The highest BCUT2D eigenvalue weighted by atomic mass is 15.1. The molecule has 2 aromatic carbocycles. The highest BCUT2D eigenvalue weighted by Gasteiger charge is 2.22. The number of aromatic amines is 1. The maximum absolute atomic E-state index is 4.85. The molecule has 5 heterocycles. The largest absolute Gasteiger partial charge is 0.371 e. The number of hydrogen-bond donors (Lipinski definition) is 3. The van der Waals surface area contributed by atoms with Crippen LogP contribution in [0.15, 0.2) is 77.6 Å². The van der Waals surface area contributed by atoms with Crippen molar-refractivity contribution in [2.75, 3.05) is 35.2 Å². The third kappa shape index (κ3) is 5.82. The molecule has 0 radical (unpaired) electrons. The second-order valence-electron chi connectivity index (χ2n) is 12.3. The molecular weight excluding hydrogens is 532 g/mol. The fraction of sp³-hybridized carbons (Fsp3) is 0.314. The molecule has 2 unspecified atom stereocenters. The van der Waals surface area contributed by atoms with E-state index >= 15 is 0 Å². The van der Waals surface area contributed by atoms with Crippen LogP contribution in [0.1, 0.15) is 39.3 Å². The third-order valence-electron chi connectivity index (χ3n) is 8.35. The molecule has 3 aromatic heterocycles. The van der Waals surface area contributed by atoms with Crippen LogP contribution in [0.5, 0.6) is 0 Å². The minimum absolute atomic E-state index is 0.696. The maximum Gasteiger partial charge on any atom is 0.157 e. The fourth-order valence-corrected chi connectivity index (χ4v) is 6.49. The van der Waals surface area contributed by atoms with Crippen molar-refractivity contribution in [2.24, 2.45) is 16.8 Å².